The number of carbonyl (C=O) groups excluding carboxylic acids is 1. The van der Waals surface area contributed by atoms with Crippen LogP contribution in [-0.2, 0) is 13.5 Å². The van der Waals surface area contributed by atoms with Crippen LogP contribution in [0, 0.1) is 0 Å². The summed E-state index contributed by atoms with van der Waals surface area (Å²) in [7, 11) is 1.76. The van der Waals surface area contributed by atoms with Crippen molar-refractivity contribution in [2.24, 2.45) is 7.05 Å². The Hall–Kier alpha value is -2.11. The minimum Gasteiger partial charge on any atom is -0.304 e. The van der Waals surface area contributed by atoms with Crippen LogP contribution in [0.15, 0.2) is 12.1 Å². The molecular formula is C13H19N5O. The molecule has 6 nitrogen and oxygen atoms in total. The molecule has 2 rings (SSSR count). The van der Waals surface area contributed by atoms with Crippen molar-refractivity contribution < 1.29 is 4.79 Å². The Labute approximate surface area is 112 Å². The predicted octanol–water partition coefficient (Wildman–Crippen LogP) is 2.08. The van der Waals surface area contributed by atoms with Crippen LogP contribution >= 0.6 is 0 Å². The highest BCUT2D eigenvalue weighted by Crippen LogP contribution is 2.15. The van der Waals surface area contributed by atoms with Crippen LogP contribution in [0.3, 0.4) is 0 Å². The highest BCUT2D eigenvalue weighted by Gasteiger charge is 2.14. The maximum atomic E-state index is 12.1. The Morgan fingerprint density at radius 2 is 2.21 bits per heavy atom. The molecule has 0 atom stereocenters. The van der Waals surface area contributed by atoms with Crippen molar-refractivity contribution in [1.29, 1.82) is 0 Å². The minimum absolute atomic E-state index is 0.198. The number of carbonyl (C=O) groups is 1. The van der Waals surface area contributed by atoms with E-state index in [4.69, 9.17) is 0 Å². The number of rotatable bonds is 4. The summed E-state index contributed by atoms with van der Waals surface area (Å²) in [4.78, 5) is 12.1. The topological polar surface area (TPSA) is 75.6 Å². The molecule has 0 radical (unpaired) electrons. The Kier molecular flexibility index (Phi) is 3.69. The van der Waals surface area contributed by atoms with Crippen LogP contribution < -0.4 is 5.32 Å². The zero-order chi connectivity index (χ0) is 14.0. The second-order valence-corrected chi connectivity index (χ2v) is 4.82. The number of nitrogens with zero attached hydrogens (tertiary/aromatic N) is 3. The fourth-order valence-electron chi connectivity index (χ4n) is 1.79. The standard InChI is InChI=1S/C13H19N5O/c1-5-9-6-11(18(4)17-9)13(19)14-12-7-10(8(2)3)15-16-12/h6-8H,5H2,1-4H3,(H2,14,15,16,19). The van der Waals surface area contributed by atoms with Crippen molar-refractivity contribution in [2.75, 3.05) is 5.32 Å². The third-order valence-corrected chi connectivity index (χ3v) is 2.99. The van der Waals surface area contributed by atoms with Crippen molar-refractivity contribution in [2.45, 2.75) is 33.1 Å². The third kappa shape index (κ3) is 2.83. The average molecular weight is 261 g/mol. The Morgan fingerprint density at radius 1 is 1.47 bits per heavy atom. The normalized spacial score (nSPS) is 11.0. The van der Waals surface area contributed by atoms with E-state index in [0.29, 0.717) is 17.4 Å². The first-order valence-corrected chi connectivity index (χ1v) is 6.40. The van der Waals surface area contributed by atoms with Crippen LogP contribution in [0.5, 0.6) is 0 Å². The number of aryl methyl sites for hydroxylation is 2. The van der Waals surface area contributed by atoms with E-state index in [2.05, 4.69) is 34.5 Å². The monoisotopic (exact) mass is 261 g/mol. The van der Waals surface area contributed by atoms with Crippen molar-refractivity contribution in [3.05, 3.63) is 29.2 Å². The molecule has 0 aromatic carbocycles. The van der Waals surface area contributed by atoms with Gasteiger partial charge in [-0.1, -0.05) is 20.8 Å². The summed E-state index contributed by atoms with van der Waals surface area (Å²) in [5.41, 5.74) is 2.43. The highest BCUT2D eigenvalue weighted by atomic mass is 16.2. The fourth-order valence-corrected chi connectivity index (χ4v) is 1.79. The molecule has 19 heavy (non-hydrogen) atoms. The van der Waals surface area contributed by atoms with Crippen molar-refractivity contribution in [1.82, 2.24) is 20.0 Å². The summed E-state index contributed by atoms with van der Waals surface area (Å²) >= 11 is 0. The molecular weight excluding hydrogens is 242 g/mol. The van der Waals surface area contributed by atoms with Gasteiger partial charge < -0.3 is 5.32 Å². The second-order valence-electron chi connectivity index (χ2n) is 4.82. The van der Waals surface area contributed by atoms with Gasteiger partial charge >= 0.3 is 0 Å². The van der Waals surface area contributed by atoms with Gasteiger partial charge in [-0.3, -0.25) is 14.6 Å². The lowest BCUT2D eigenvalue weighted by Gasteiger charge is -2.01. The second kappa shape index (κ2) is 5.26. The minimum atomic E-state index is -0.198. The summed E-state index contributed by atoms with van der Waals surface area (Å²) in [6.07, 6.45) is 0.807. The van der Waals surface area contributed by atoms with Gasteiger partial charge in [0.25, 0.3) is 5.91 Å². The summed E-state index contributed by atoms with van der Waals surface area (Å²) in [6.45, 7) is 6.13. The fraction of sp³-hybridized carbons (Fsp3) is 0.462. The summed E-state index contributed by atoms with van der Waals surface area (Å²) in [6, 6.07) is 3.64. The number of aromatic nitrogens is 4. The molecule has 2 N–H and O–H groups in total. The SMILES string of the molecule is CCc1cc(C(=O)Nc2cc(C(C)C)[nH]n2)n(C)n1. The van der Waals surface area contributed by atoms with Gasteiger partial charge in [0.2, 0.25) is 0 Å². The van der Waals surface area contributed by atoms with Gasteiger partial charge in [-0.05, 0) is 18.4 Å². The number of H-pyrrole nitrogens is 1. The zero-order valence-corrected chi connectivity index (χ0v) is 11.7. The number of aromatic amines is 1. The van der Waals surface area contributed by atoms with Gasteiger partial charge in [0.15, 0.2) is 5.82 Å². The van der Waals surface area contributed by atoms with E-state index in [9.17, 15) is 4.79 Å². The van der Waals surface area contributed by atoms with Gasteiger partial charge in [-0.2, -0.15) is 10.2 Å². The predicted molar refractivity (Wildman–Crippen MR) is 73.2 cm³/mol. The molecule has 0 aliphatic rings. The van der Waals surface area contributed by atoms with Crippen molar-refractivity contribution in [3.63, 3.8) is 0 Å². The maximum Gasteiger partial charge on any atom is 0.275 e. The summed E-state index contributed by atoms with van der Waals surface area (Å²) in [5, 5.41) is 14.0. The Bertz CT molecular complexity index is 582. The molecule has 2 heterocycles. The van der Waals surface area contributed by atoms with Crippen LogP contribution in [-0.4, -0.2) is 25.9 Å². The first-order chi connectivity index (χ1) is 9.01. The molecule has 0 aliphatic heterocycles. The third-order valence-electron chi connectivity index (χ3n) is 2.99. The van der Waals surface area contributed by atoms with E-state index in [0.717, 1.165) is 17.8 Å². The molecule has 0 saturated carbocycles. The van der Waals surface area contributed by atoms with Crippen LogP contribution in [0.1, 0.15) is 48.6 Å². The first kappa shape index (κ1) is 13.3. The molecule has 1 amide bonds. The van der Waals surface area contributed by atoms with Gasteiger partial charge in [0.1, 0.15) is 5.69 Å². The van der Waals surface area contributed by atoms with Crippen LogP contribution in [0.4, 0.5) is 5.82 Å². The van der Waals surface area contributed by atoms with Gasteiger partial charge in [-0.15, -0.1) is 0 Å². The number of nitrogens with one attached hydrogen (secondary N) is 2. The Balaban J connectivity index is 2.13. The molecule has 0 fully saturated rings. The van der Waals surface area contributed by atoms with Gasteiger partial charge in [-0.25, -0.2) is 0 Å². The molecule has 0 bridgehead atoms. The van der Waals surface area contributed by atoms with Crippen molar-refractivity contribution >= 4 is 11.7 Å². The number of anilines is 1. The molecule has 2 aromatic rings. The largest absolute Gasteiger partial charge is 0.304 e. The van der Waals surface area contributed by atoms with Gasteiger partial charge in [0.05, 0.1) is 5.69 Å². The van der Waals surface area contributed by atoms with Crippen LogP contribution in [0.25, 0.3) is 0 Å². The average Bonchev–Trinajstić information content (AvgIpc) is 2.95. The summed E-state index contributed by atoms with van der Waals surface area (Å²) in [5.74, 6) is 0.686. The molecule has 0 unspecified atom stereocenters. The molecule has 2 aromatic heterocycles. The van der Waals surface area contributed by atoms with E-state index >= 15 is 0 Å². The lowest BCUT2D eigenvalue weighted by molar-refractivity contribution is 0.101. The van der Waals surface area contributed by atoms with E-state index in [1.165, 1.54) is 0 Å². The smallest absolute Gasteiger partial charge is 0.275 e. The lowest BCUT2D eigenvalue weighted by Crippen LogP contribution is -2.16. The zero-order valence-electron chi connectivity index (χ0n) is 11.7. The van der Waals surface area contributed by atoms with Crippen LogP contribution in [0.2, 0.25) is 0 Å². The highest BCUT2D eigenvalue weighted by molar-refractivity contribution is 6.02. The molecule has 6 heteroatoms. The van der Waals surface area contributed by atoms with E-state index < -0.39 is 0 Å². The summed E-state index contributed by atoms with van der Waals surface area (Å²) < 4.78 is 1.59. The molecule has 0 spiro atoms. The number of hydrogen-bond donors (Lipinski definition) is 2. The Morgan fingerprint density at radius 3 is 2.74 bits per heavy atom. The molecule has 0 aliphatic carbocycles. The molecule has 0 saturated heterocycles. The first-order valence-electron chi connectivity index (χ1n) is 6.40. The lowest BCUT2D eigenvalue weighted by atomic mass is 10.1. The van der Waals surface area contributed by atoms with Gasteiger partial charge in [0, 0.05) is 18.8 Å². The number of hydrogen-bond acceptors (Lipinski definition) is 3. The maximum absolute atomic E-state index is 12.1. The van der Waals surface area contributed by atoms with E-state index in [-0.39, 0.29) is 5.91 Å². The molecule has 102 valence electrons. The quantitative estimate of drug-likeness (QED) is 0.884. The van der Waals surface area contributed by atoms with E-state index in [1.807, 2.05) is 13.0 Å². The van der Waals surface area contributed by atoms with Crippen molar-refractivity contribution in [3.8, 4) is 0 Å². The number of amides is 1. The van der Waals surface area contributed by atoms with E-state index in [1.54, 1.807) is 17.8 Å².